The Hall–Kier alpha value is -2.64. The Morgan fingerprint density at radius 2 is 2.16 bits per heavy atom. The zero-order valence-corrected chi connectivity index (χ0v) is 14.7. The Labute approximate surface area is 153 Å². The number of rotatable bonds is 3. The molecule has 0 atom stereocenters. The average molecular weight is 368 g/mol. The fourth-order valence-corrected chi connectivity index (χ4v) is 3.60. The normalized spacial score (nSPS) is 15.8. The van der Waals surface area contributed by atoms with Gasteiger partial charge < -0.3 is 14.5 Å². The lowest BCUT2D eigenvalue weighted by Gasteiger charge is -2.06. The monoisotopic (exact) mass is 368 g/mol. The molecule has 1 aliphatic heterocycles. The highest BCUT2D eigenvalue weighted by molar-refractivity contribution is 8.26. The number of hydrogen-bond acceptors (Lipinski definition) is 6. The van der Waals surface area contributed by atoms with Gasteiger partial charge >= 0.3 is 0 Å². The number of ether oxygens (including phenoxy) is 1. The Kier molecular flexibility index (Phi) is 4.03. The summed E-state index contributed by atoms with van der Waals surface area (Å²) in [5, 5.41) is 3.44. The van der Waals surface area contributed by atoms with E-state index >= 15 is 0 Å². The van der Waals surface area contributed by atoms with Crippen molar-refractivity contribution in [3.8, 4) is 17.0 Å². The molecule has 3 heterocycles. The summed E-state index contributed by atoms with van der Waals surface area (Å²) in [7, 11) is 1.63. The first-order valence-corrected chi connectivity index (χ1v) is 8.64. The standard InChI is InChI=1S/C18H12N2O3S2/c1-22-14-5-3-2-4-12(14)13-8-15-10(9-19-13)6-11(23-15)7-16-17(21)20-18(24)25-16/h2-9H,1H3,(H,20,21,24)/b16-7-. The van der Waals surface area contributed by atoms with E-state index in [1.54, 1.807) is 19.4 Å². The van der Waals surface area contributed by atoms with Crippen molar-refractivity contribution in [3.63, 3.8) is 0 Å². The SMILES string of the molecule is COc1ccccc1-c1cc2oc(/C=C3\SC(=S)NC3=O)cc2cn1. The van der Waals surface area contributed by atoms with Crippen molar-refractivity contribution in [1.29, 1.82) is 0 Å². The lowest BCUT2D eigenvalue weighted by Crippen LogP contribution is -2.17. The summed E-state index contributed by atoms with van der Waals surface area (Å²) in [6.45, 7) is 0. The molecule has 0 radical (unpaired) electrons. The fourth-order valence-electron chi connectivity index (χ4n) is 2.58. The Bertz CT molecular complexity index is 1040. The number of benzene rings is 1. The number of nitrogens with zero attached hydrogens (tertiary/aromatic N) is 1. The van der Waals surface area contributed by atoms with Crippen molar-refractivity contribution >= 4 is 51.3 Å². The molecule has 1 amide bonds. The number of aromatic nitrogens is 1. The van der Waals surface area contributed by atoms with Gasteiger partial charge in [-0.25, -0.2) is 0 Å². The molecule has 2 aromatic heterocycles. The predicted molar refractivity (Wildman–Crippen MR) is 102 cm³/mol. The van der Waals surface area contributed by atoms with Gasteiger partial charge in [-0.3, -0.25) is 9.78 Å². The van der Waals surface area contributed by atoms with Crippen molar-refractivity contribution in [1.82, 2.24) is 10.3 Å². The Morgan fingerprint density at radius 3 is 2.92 bits per heavy atom. The first kappa shape index (κ1) is 15.9. The van der Waals surface area contributed by atoms with Crippen molar-refractivity contribution < 1.29 is 13.9 Å². The minimum Gasteiger partial charge on any atom is -0.496 e. The third-order valence-corrected chi connectivity index (χ3v) is 4.88. The van der Waals surface area contributed by atoms with Gasteiger partial charge in [0.15, 0.2) is 0 Å². The molecule has 7 heteroatoms. The van der Waals surface area contributed by atoms with Crippen LogP contribution in [0.15, 0.2) is 51.9 Å². The first-order valence-electron chi connectivity index (χ1n) is 7.42. The van der Waals surface area contributed by atoms with E-state index in [0.29, 0.717) is 20.6 Å². The number of thioether (sulfide) groups is 1. The van der Waals surface area contributed by atoms with Crippen LogP contribution in [0.2, 0.25) is 0 Å². The highest BCUT2D eigenvalue weighted by atomic mass is 32.2. The van der Waals surface area contributed by atoms with Crippen molar-refractivity contribution in [2.45, 2.75) is 0 Å². The quantitative estimate of drug-likeness (QED) is 0.557. The number of furan rings is 1. The van der Waals surface area contributed by atoms with E-state index in [9.17, 15) is 4.79 Å². The molecule has 25 heavy (non-hydrogen) atoms. The van der Waals surface area contributed by atoms with Gasteiger partial charge in [-0.15, -0.1) is 0 Å². The molecule has 5 nitrogen and oxygen atoms in total. The molecule has 1 aromatic carbocycles. The summed E-state index contributed by atoms with van der Waals surface area (Å²) in [5.41, 5.74) is 2.33. The fraction of sp³-hybridized carbons (Fsp3) is 0.0556. The second kappa shape index (κ2) is 6.34. The molecular weight excluding hydrogens is 356 g/mol. The second-order valence-electron chi connectivity index (χ2n) is 5.31. The van der Waals surface area contributed by atoms with Crippen LogP contribution in [0, 0.1) is 0 Å². The van der Waals surface area contributed by atoms with Gasteiger partial charge in [0, 0.05) is 29.3 Å². The smallest absolute Gasteiger partial charge is 0.263 e. The molecule has 1 aliphatic rings. The van der Waals surface area contributed by atoms with E-state index in [0.717, 1.165) is 22.4 Å². The molecule has 0 spiro atoms. The molecule has 1 saturated heterocycles. The van der Waals surface area contributed by atoms with E-state index < -0.39 is 0 Å². The molecule has 0 bridgehead atoms. The second-order valence-corrected chi connectivity index (χ2v) is 7.03. The molecule has 0 unspecified atom stereocenters. The summed E-state index contributed by atoms with van der Waals surface area (Å²) in [4.78, 5) is 16.8. The Balaban J connectivity index is 1.74. The largest absolute Gasteiger partial charge is 0.496 e. The maximum atomic E-state index is 11.8. The van der Waals surface area contributed by atoms with E-state index in [-0.39, 0.29) is 5.91 Å². The van der Waals surface area contributed by atoms with Crippen molar-refractivity contribution in [2.75, 3.05) is 7.11 Å². The molecule has 1 fully saturated rings. The van der Waals surface area contributed by atoms with Crippen molar-refractivity contribution in [3.05, 3.63) is 53.3 Å². The average Bonchev–Trinajstić information content (AvgIpc) is 3.16. The molecule has 124 valence electrons. The van der Waals surface area contributed by atoms with E-state index in [1.165, 1.54) is 11.8 Å². The number of para-hydroxylation sites is 1. The van der Waals surface area contributed by atoms with Crippen LogP contribution in [0.25, 0.3) is 28.3 Å². The number of carbonyl (C=O) groups excluding carboxylic acids is 1. The molecule has 0 aliphatic carbocycles. The molecule has 1 N–H and O–H groups in total. The molecule has 0 saturated carbocycles. The number of hydrogen-bond donors (Lipinski definition) is 1. The summed E-state index contributed by atoms with van der Waals surface area (Å²) in [5.74, 6) is 1.12. The predicted octanol–water partition coefficient (Wildman–Crippen LogP) is 3.99. The van der Waals surface area contributed by atoms with Crippen molar-refractivity contribution in [2.24, 2.45) is 0 Å². The van der Waals surface area contributed by atoms with Crippen LogP contribution in [-0.2, 0) is 4.79 Å². The van der Waals surface area contributed by atoms with E-state index in [2.05, 4.69) is 10.3 Å². The zero-order valence-electron chi connectivity index (χ0n) is 13.1. The molecule has 3 aromatic rings. The number of amides is 1. The summed E-state index contributed by atoms with van der Waals surface area (Å²) in [6.07, 6.45) is 3.43. The van der Waals surface area contributed by atoms with Gasteiger partial charge in [0.1, 0.15) is 21.4 Å². The van der Waals surface area contributed by atoms with Gasteiger partial charge in [0.25, 0.3) is 5.91 Å². The zero-order chi connectivity index (χ0) is 17.4. The summed E-state index contributed by atoms with van der Waals surface area (Å²) in [6, 6.07) is 11.4. The van der Waals surface area contributed by atoms with Crippen LogP contribution in [0.5, 0.6) is 5.75 Å². The molecular formula is C18H12N2O3S2. The van der Waals surface area contributed by atoms with Gasteiger partial charge in [-0.1, -0.05) is 36.1 Å². The minimum absolute atomic E-state index is 0.205. The topological polar surface area (TPSA) is 64.4 Å². The number of thiocarbonyl (C=S) groups is 1. The minimum atomic E-state index is -0.205. The number of methoxy groups -OCH3 is 1. The lowest BCUT2D eigenvalue weighted by molar-refractivity contribution is -0.115. The number of fused-ring (bicyclic) bond motifs is 1. The lowest BCUT2D eigenvalue weighted by atomic mass is 10.1. The third kappa shape index (κ3) is 3.04. The highest BCUT2D eigenvalue weighted by Gasteiger charge is 2.22. The van der Waals surface area contributed by atoms with Gasteiger partial charge in [-0.2, -0.15) is 0 Å². The van der Waals surface area contributed by atoms with Crippen LogP contribution in [-0.4, -0.2) is 22.3 Å². The number of pyridine rings is 1. The van der Waals surface area contributed by atoms with Gasteiger partial charge in [0.05, 0.1) is 17.7 Å². The number of nitrogens with one attached hydrogen (secondary N) is 1. The van der Waals surface area contributed by atoms with Crippen LogP contribution in [0.3, 0.4) is 0 Å². The number of carbonyl (C=O) groups is 1. The first-order chi connectivity index (χ1) is 12.1. The van der Waals surface area contributed by atoms with Crippen LogP contribution in [0.1, 0.15) is 5.76 Å². The molecule has 4 rings (SSSR count). The van der Waals surface area contributed by atoms with Gasteiger partial charge in [-0.05, 0) is 18.2 Å². The highest BCUT2D eigenvalue weighted by Crippen LogP contribution is 2.32. The van der Waals surface area contributed by atoms with Crippen LogP contribution >= 0.6 is 24.0 Å². The van der Waals surface area contributed by atoms with Crippen LogP contribution < -0.4 is 10.1 Å². The Morgan fingerprint density at radius 1 is 1.32 bits per heavy atom. The third-order valence-electron chi connectivity index (χ3n) is 3.72. The van der Waals surface area contributed by atoms with Crippen LogP contribution in [0.4, 0.5) is 0 Å². The van der Waals surface area contributed by atoms with E-state index in [4.69, 9.17) is 21.4 Å². The maximum absolute atomic E-state index is 11.8. The maximum Gasteiger partial charge on any atom is 0.263 e. The summed E-state index contributed by atoms with van der Waals surface area (Å²) < 4.78 is 11.7. The summed E-state index contributed by atoms with van der Waals surface area (Å²) >= 11 is 6.21. The van der Waals surface area contributed by atoms with Gasteiger partial charge in [0.2, 0.25) is 0 Å². The van der Waals surface area contributed by atoms with E-state index in [1.807, 2.05) is 36.4 Å².